The topological polar surface area (TPSA) is 41.0 Å². The number of hydrogen-bond acceptors (Lipinski definition) is 2. The van der Waals surface area contributed by atoms with Crippen molar-refractivity contribution in [3.63, 3.8) is 0 Å². The van der Waals surface area contributed by atoms with Crippen LogP contribution in [0.2, 0.25) is 0 Å². The fourth-order valence-corrected chi connectivity index (χ4v) is 2.98. The zero-order chi connectivity index (χ0) is 13.9. The molecule has 0 fully saturated rings. The first kappa shape index (κ1) is 13.2. The molecule has 106 valence electrons. The molecule has 3 rings (SSSR count). The Balaban J connectivity index is 1.74. The van der Waals surface area contributed by atoms with Crippen LogP contribution < -0.4 is 5.69 Å². The summed E-state index contributed by atoms with van der Waals surface area (Å²) in [6, 6.07) is 10.4. The van der Waals surface area contributed by atoms with Crippen LogP contribution in [0.4, 0.5) is 0 Å². The second-order valence-corrected chi connectivity index (χ2v) is 5.63. The van der Waals surface area contributed by atoms with Crippen molar-refractivity contribution in [3.05, 3.63) is 57.8 Å². The predicted molar refractivity (Wildman–Crippen MR) is 79.6 cm³/mol. The molecule has 1 aromatic carbocycles. The molecular weight excluding hydrogens is 250 g/mol. The molecule has 4 nitrogen and oxygen atoms in total. The molecule has 0 aliphatic heterocycles. The molecule has 0 amide bonds. The van der Waals surface area contributed by atoms with Crippen molar-refractivity contribution in [2.45, 2.75) is 38.9 Å². The molecule has 0 atom stereocenters. The third kappa shape index (κ3) is 2.70. The van der Waals surface area contributed by atoms with Crippen LogP contribution in [0.15, 0.2) is 35.1 Å². The van der Waals surface area contributed by atoms with Gasteiger partial charge in [0.1, 0.15) is 0 Å². The summed E-state index contributed by atoms with van der Waals surface area (Å²) in [6.45, 7) is 1.51. The van der Waals surface area contributed by atoms with Gasteiger partial charge in [0, 0.05) is 17.9 Å². The molecule has 2 aromatic rings. The summed E-state index contributed by atoms with van der Waals surface area (Å²) in [5, 5.41) is 0. The maximum atomic E-state index is 12.1. The summed E-state index contributed by atoms with van der Waals surface area (Å²) in [7, 11) is 2.06. The molecule has 1 aliphatic rings. The van der Waals surface area contributed by atoms with Gasteiger partial charge in [-0.3, -0.25) is 9.47 Å². The molecule has 0 saturated heterocycles. The standard InChI is InChI=1S/C16H21N3O/c1-18(11-13-7-3-2-4-8-13)12-19-15-10-6-5-9-14(15)17-16(19)20/h2-4,7-8H,5-6,9-12H2,1H3,(H,17,20). The second-order valence-electron chi connectivity index (χ2n) is 5.63. The predicted octanol–water partition coefficient (Wildman–Crippen LogP) is 2.14. The minimum Gasteiger partial charge on any atom is -0.310 e. The molecule has 0 unspecified atom stereocenters. The fraction of sp³-hybridized carbons (Fsp3) is 0.438. The van der Waals surface area contributed by atoms with Crippen molar-refractivity contribution in [1.82, 2.24) is 14.5 Å². The lowest BCUT2D eigenvalue weighted by Crippen LogP contribution is -2.29. The Hall–Kier alpha value is -1.81. The third-order valence-corrected chi connectivity index (χ3v) is 3.95. The second kappa shape index (κ2) is 5.67. The van der Waals surface area contributed by atoms with Crippen LogP contribution in [0.1, 0.15) is 29.8 Å². The highest BCUT2D eigenvalue weighted by Crippen LogP contribution is 2.18. The Labute approximate surface area is 119 Å². The van der Waals surface area contributed by atoms with Crippen molar-refractivity contribution in [2.24, 2.45) is 0 Å². The van der Waals surface area contributed by atoms with Gasteiger partial charge in [-0.15, -0.1) is 0 Å². The lowest BCUT2D eigenvalue weighted by molar-refractivity contribution is 0.252. The van der Waals surface area contributed by atoms with Crippen molar-refractivity contribution in [1.29, 1.82) is 0 Å². The summed E-state index contributed by atoms with van der Waals surface area (Å²) in [5.74, 6) is 0. The number of hydrogen-bond donors (Lipinski definition) is 1. The number of nitrogens with zero attached hydrogens (tertiary/aromatic N) is 2. The monoisotopic (exact) mass is 271 g/mol. The highest BCUT2D eigenvalue weighted by Gasteiger charge is 2.18. The summed E-state index contributed by atoms with van der Waals surface area (Å²) < 4.78 is 1.90. The van der Waals surface area contributed by atoms with Gasteiger partial charge in [0.05, 0.1) is 6.67 Å². The van der Waals surface area contributed by atoms with E-state index in [1.54, 1.807) is 0 Å². The SMILES string of the molecule is CN(Cc1ccccc1)Cn1c2c([nH]c1=O)CCCC2. The van der Waals surface area contributed by atoms with Gasteiger partial charge in [0.25, 0.3) is 0 Å². The van der Waals surface area contributed by atoms with Crippen molar-refractivity contribution in [2.75, 3.05) is 7.05 Å². The van der Waals surface area contributed by atoms with E-state index in [-0.39, 0.29) is 5.69 Å². The van der Waals surface area contributed by atoms with Gasteiger partial charge >= 0.3 is 5.69 Å². The van der Waals surface area contributed by atoms with Crippen LogP contribution >= 0.6 is 0 Å². The smallest absolute Gasteiger partial charge is 0.310 e. The number of imidazole rings is 1. The molecule has 0 radical (unpaired) electrons. The van der Waals surface area contributed by atoms with Crippen LogP contribution in [-0.4, -0.2) is 21.5 Å². The zero-order valence-electron chi connectivity index (χ0n) is 11.9. The van der Waals surface area contributed by atoms with Crippen LogP contribution in [0.25, 0.3) is 0 Å². The number of benzene rings is 1. The largest absolute Gasteiger partial charge is 0.327 e. The third-order valence-electron chi connectivity index (χ3n) is 3.95. The molecule has 0 spiro atoms. The van der Waals surface area contributed by atoms with Gasteiger partial charge in [0.2, 0.25) is 0 Å². The van der Waals surface area contributed by atoms with E-state index in [1.807, 2.05) is 22.8 Å². The van der Waals surface area contributed by atoms with Crippen LogP contribution in [0, 0.1) is 0 Å². The summed E-state index contributed by atoms with van der Waals surface area (Å²) in [5.41, 5.74) is 3.67. The molecule has 1 N–H and O–H groups in total. The van der Waals surface area contributed by atoms with Crippen molar-refractivity contribution >= 4 is 0 Å². The normalized spacial score (nSPS) is 14.5. The van der Waals surface area contributed by atoms with Crippen molar-refractivity contribution < 1.29 is 0 Å². The number of nitrogens with one attached hydrogen (secondary N) is 1. The number of H-pyrrole nitrogens is 1. The van der Waals surface area contributed by atoms with E-state index >= 15 is 0 Å². The maximum absolute atomic E-state index is 12.1. The minimum absolute atomic E-state index is 0.0387. The Kier molecular flexibility index (Phi) is 3.74. The molecule has 1 heterocycles. The molecular formula is C16H21N3O. The summed E-state index contributed by atoms with van der Waals surface area (Å²) >= 11 is 0. The highest BCUT2D eigenvalue weighted by molar-refractivity contribution is 5.17. The van der Waals surface area contributed by atoms with Crippen LogP contribution in [-0.2, 0) is 26.1 Å². The average molecular weight is 271 g/mol. The first-order valence-electron chi connectivity index (χ1n) is 7.27. The minimum atomic E-state index is 0.0387. The molecule has 4 heteroatoms. The van der Waals surface area contributed by atoms with Gasteiger partial charge in [-0.05, 0) is 38.3 Å². The first-order valence-corrected chi connectivity index (χ1v) is 7.27. The lowest BCUT2D eigenvalue weighted by Gasteiger charge is -2.20. The molecule has 20 heavy (non-hydrogen) atoms. The van der Waals surface area contributed by atoms with E-state index in [0.29, 0.717) is 6.67 Å². The summed E-state index contributed by atoms with van der Waals surface area (Å²) in [6.07, 6.45) is 4.41. The number of aryl methyl sites for hydroxylation is 1. The van der Waals surface area contributed by atoms with E-state index in [2.05, 4.69) is 29.1 Å². The Morgan fingerprint density at radius 1 is 1.20 bits per heavy atom. The molecule has 0 bridgehead atoms. The number of rotatable bonds is 4. The number of aromatic nitrogens is 2. The van der Waals surface area contributed by atoms with Crippen molar-refractivity contribution in [3.8, 4) is 0 Å². The molecule has 1 aromatic heterocycles. The Bertz CT molecular complexity index is 627. The van der Waals surface area contributed by atoms with Crippen LogP contribution in [0.3, 0.4) is 0 Å². The van der Waals surface area contributed by atoms with E-state index in [4.69, 9.17) is 0 Å². The summed E-state index contributed by atoms with van der Waals surface area (Å²) in [4.78, 5) is 17.3. The maximum Gasteiger partial charge on any atom is 0.327 e. The Morgan fingerprint density at radius 3 is 2.75 bits per heavy atom. The Morgan fingerprint density at radius 2 is 1.95 bits per heavy atom. The van der Waals surface area contributed by atoms with E-state index < -0.39 is 0 Å². The number of fused-ring (bicyclic) bond motifs is 1. The van der Waals surface area contributed by atoms with Gasteiger partial charge in [-0.25, -0.2) is 4.79 Å². The first-order chi connectivity index (χ1) is 9.74. The van der Waals surface area contributed by atoms with E-state index in [9.17, 15) is 4.79 Å². The zero-order valence-corrected chi connectivity index (χ0v) is 11.9. The molecule has 0 saturated carbocycles. The van der Waals surface area contributed by atoms with Gasteiger partial charge in [-0.2, -0.15) is 0 Å². The number of aromatic amines is 1. The quantitative estimate of drug-likeness (QED) is 0.925. The van der Waals surface area contributed by atoms with Gasteiger partial charge in [-0.1, -0.05) is 30.3 Å². The van der Waals surface area contributed by atoms with E-state index in [0.717, 1.165) is 25.1 Å². The van der Waals surface area contributed by atoms with E-state index in [1.165, 1.54) is 24.1 Å². The fourth-order valence-electron chi connectivity index (χ4n) is 2.98. The van der Waals surface area contributed by atoms with Gasteiger partial charge in [0.15, 0.2) is 0 Å². The highest BCUT2D eigenvalue weighted by atomic mass is 16.1. The van der Waals surface area contributed by atoms with Crippen LogP contribution in [0.5, 0.6) is 0 Å². The van der Waals surface area contributed by atoms with Gasteiger partial charge < -0.3 is 4.98 Å². The lowest BCUT2D eigenvalue weighted by atomic mass is 10.0. The molecule has 1 aliphatic carbocycles. The average Bonchev–Trinajstić information content (AvgIpc) is 2.76.